The number of amidine groups is 1. The molecule has 192 valence electrons. The molecular formula is C26H31N9O2. The van der Waals surface area contributed by atoms with Gasteiger partial charge in [0.25, 0.3) is 0 Å². The monoisotopic (exact) mass is 501 g/mol. The Morgan fingerprint density at radius 3 is 2.70 bits per heavy atom. The third-order valence-electron chi connectivity index (χ3n) is 8.40. The van der Waals surface area contributed by atoms with Gasteiger partial charge in [-0.15, -0.1) is 0 Å². The number of hydrogen-bond acceptors (Lipinski definition) is 11. The second-order valence-electron chi connectivity index (χ2n) is 10.6. The molecule has 1 spiro atoms. The highest BCUT2D eigenvalue weighted by Crippen LogP contribution is 2.42. The maximum absolute atomic E-state index is 6.50. The summed E-state index contributed by atoms with van der Waals surface area (Å²) in [6.45, 7) is 7.86. The summed E-state index contributed by atoms with van der Waals surface area (Å²) in [6, 6.07) is 4.12. The fraction of sp³-hybridized carbons (Fsp3) is 0.538. The van der Waals surface area contributed by atoms with Gasteiger partial charge in [-0.3, -0.25) is 4.99 Å². The summed E-state index contributed by atoms with van der Waals surface area (Å²) in [5.41, 5.74) is 11.2. The Bertz CT molecular complexity index is 1380. The quantitative estimate of drug-likeness (QED) is 0.558. The highest BCUT2D eigenvalue weighted by molar-refractivity contribution is 6.11. The number of pyridine rings is 1. The molecule has 11 heteroatoms. The summed E-state index contributed by atoms with van der Waals surface area (Å²) < 4.78 is 11.0. The predicted molar refractivity (Wildman–Crippen MR) is 137 cm³/mol. The van der Waals surface area contributed by atoms with Crippen molar-refractivity contribution in [2.75, 3.05) is 36.0 Å². The van der Waals surface area contributed by atoms with Gasteiger partial charge in [-0.05, 0) is 44.7 Å². The van der Waals surface area contributed by atoms with E-state index in [9.17, 15) is 0 Å². The van der Waals surface area contributed by atoms with Crippen LogP contribution in [0, 0.1) is 12.3 Å². The van der Waals surface area contributed by atoms with Crippen molar-refractivity contribution in [1.29, 1.82) is 0 Å². The number of aliphatic imine (C=N–C) groups is 1. The summed E-state index contributed by atoms with van der Waals surface area (Å²) in [4.78, 5) is 28.5. The predicted octanol–water partition coefficient (Wildman–Crippen LogP) is 2.28. The summed E-state index contributed by atoms with van der Waals surface area (Å²) in [7, 11) is 0. The van der Waals surface area contributed by atoms with E-state index < -0.39 is 0 Å². The SMILES string of the molecule is Cc1nc(-c2ccc3c(n2)CCCN3C2=NCc3nc(N4CCC5(CC4)CO[C@@H](C)[C@H]5N)cnc32)no1. The van der Waals surface area contributed by atoms with E-state index in [0.29, 0.717) is 18.3 Å². The Morgan fingerprint density at radius 2 is 1.95 bits per heavy atom. The smallest absolute Gasteiger partial charge is 0.223 e. The van der Waals surface area contributed by atoms with E-state index in [1.54, 1.807) is 6.92 Å². The number of fused-ring (bicyclic) bond motifs is 2. The molecule has 2 atom stereocenters. The van der Waals surface area contributed by atoms with Gasteiger partial charge in [-0.1, -0.05) is 5.16 Å². The third kappa shape index (κ3) is 3.71. The molecule has 4 aliphatic rings. The van der Waals surface area contributed by atoms with Crippen LogP contribution in [0.15, 0.2) is 27.8 Å². The van der Waals surface area contributed by atoms with Crippen LogP contribution in [-0.4, -0.2) is 69.3 Å². The number of nitrogens with two attached hydrogens (primary N) is 1. The fourth-order valence-electron chi connectivity index (χ4n) is 6.15. The number of nitrogens with zero attached hydrogens (tertiary/aromatic N) is 8. The largest absolute Gasteiger partial charge is 0.376 e. The van der Waals surface area contributed by atoms with Gasteiger partial charge < -0.3 is 24.8 Å². The first-order chi connectivity index (χ1) is 18.0. The molecule has 0 saturated carbocycles. The average molecular weight is 502 g/mol. The standard InChI is InChI=1S/C26H31N9O2/c1-15-23(27)26(14-36-15)7-10-34(11-8-26)21-13-28-22-19(32-21)12-29-25(22)35-9-3-4-17-20(35)6-5-18(31-17)24-30-16(2)37-33-24/h5-6,13,15,23H,3-4,7-12,14,27H2,1-2H3/t15-,23+/m0/s1. The zero-order valence-corrected chi connectivity index (χ0v) is 21.2. The molecule has 0 aromatic carbocycles. The van der Waals surface area contributed by atoms with E-state index in [0.717, 1.165) is 92.0 Å². The highest BCUT2D eigenvalue weighted by atomic mass is 16.5. The Hall–Kier alpha value is -3.44. The van der Waals surface area contributed by atoms with Gasteiger partial charge in [0.2, 0.25) is 11.7 Å². The minimum atomic E-state index is 0.0917. The van der Waals surface area contributed by atoms with E-state index in [1.807, 2.05) is 12.3 Å². The van der Waals surface area contributed by atoms with Gasteiger partial charge in [0.15, 0.2) is 5.84 Å². The van der Waals surface area contributed by atoms with Crippen molar-refractivity contribution in [3.8, 4) is 11.5 Å². The molecule has 3 aromatic rings. The third-order valence-corrected chi connectivity index (χ3v) is 8.40. The summed E-state index contributed by atoms with van der Waals surface area (Å²) in [5.74, 6) is 2.84. The van der Waals surface area contributed by atoms with Crippen LogP contribution in [0.25, 0.3) is 11.5 Å². The van der Waals surface area contributed by atoms with Crippen molar-refractivity contribution in [3.63, 3.8) is 0 Å². The maximum Gasteiger partial charge on any atom is 0.223 e. The van der Waals surface area contributed by atoms with Crippen LogP contribution < -0.4 is 15.5 Å². The van der Waals surface area contributed by atoms with Gasteiger partial charge in [0, 0.05) is 38.0 Å². The van der Waals surface area contributed by atoms with Crippen molar-refractivity contribution in [1.82, 2.24) is 25.1 Å². The second-order valence-corrected chi connectivity index (χ2v) is 10.6. The first kappa shape index (κ1) is 22.7. The van der Waals surface area contributed by atoms with Crippen molar-refractivity contribution in [3.05, 3.63) is 41.3 Å². The van der Waals surface area contributed by atoms with E-state index in [1.165, 1.54) is 0 Å². The zero-order chi connectivity index (χ0) is 25.1. The van der Waals surface area contributed by atoms with Crippen LogP contribution >= 0.6 is 0 Å². The lowest BCUT2D eigenvalue weighted by Gasteiger charge is -2.41. The molecule has 2 N–H and O–H groups in total. The summed E-state index contributed by atoms with van der Waals surface area (Å²) in [5, 5.41) is 4.01. The molecule has 2 fully saturated rings. The van der Waals surface area contributed by atoms with Gasteiger partial charge in [-0.25, -0.2) is 15.0 Å². The second kappa shape index (κ2) is 8.56. The lowest BCUT2D eigenvalue weighted by atomic mass is 9.73. The summed E-state index contributed by atoms with van der Waals surface area (Å²) in [6.07, 6.45) is 5.94. The van der Waals surface area contributed by atoms with E-state index in [-0.39, 0.29) is 17.6 Å². The number of piperidine rings is 1. The summed E-state index contributed by atoms with van der Waals surface area (Å²) >= 11 is 0. The Morgan fingerprint density at radius 1 is 1.08 bits per heavy atom. The number of aromatic nitrogens is 5. The highest BCUT2D eigenvalue weighted by Gasteiger charge is 2.47. The van der Waals surface area contributed by atoms with Crippen molar-refractivity contribution >= 4 is 17.3 Å². The first-order valence-electron chi connectivity index (χ1n) is 13.1. The van der Waals surface area contributed by atoms with Gasteiger partial charge >= 0.3 is 0 Å². The zero-order valence-electron chi connectivity index (χ0n) is 21.2. The van der Waals surface area contributed by atoms with Crippen LogP contribution in [0.5, 0.6) is 0 Å². The number of hydrogen-bond donors (Lipinski definition) is 1. The molecule has 0 unspecified atom stereocenters. The molecule has 7 rings (SSSR count). The lowest BCUT2D eigenvalue weighted by Crippen LogP contribution is -2.50. The fourth-order valence-corrected chi connectivity index (χ4v) is 6.15. The average Bonchev–Trinajstić information content (AvgIpc) is 3.63. The number of anilines is 2. The van der Waals surface area contributed by atoms with E-state index in [4.69, 9.17) is 34.9 Å². The molecule has 0 amide bonds. The molecule has 2 saturated heterocycles. The molecule has 4 aliphatic heterocycles. The Kier molecular flexibility index (Phi) is 5.26. The van der Waals surface area contributed by atoms with Gasteiger partial charge in [0.1, 0.15) is 17.2 Å². The topological polar surface area (TPSA) is 132 Å². The van der Waals surface area contributed by atoms with Gasteiger partial charge in [-0.2, -0.15) is 4.98 Å². The van der Waals surface area contributed by atoms with Crippen LogP contribution in [-0.2, 0) is 17.7 Å². The molecule has 37 heavy (non-hydrogen) atoms. The maximum atomic E-state index is 6.50. The molecule has 11 nitrogen and oxygen atoms in total. The first-order valence-corrected chi connectivity index (χ1v) is 13.1. The number of rotatable bonds is 2. The number of ether oxygens (including phenoxy) is 1. The Balaban J connectivity index is 1.10. The van der Waals surface area contributed by atoms with Crippen LogP contribution in [0.4, 0.5) is 11.5 Å². The van der Waals surface area contributed by atoms with E-state index >= 15 is 0 Å². The molecule has 0 bridgehead atoms. The van der Waals surface area contributed by atoms with Crippen molar-refractivity contribution < 1.29 is 9.26 Å². The normalized spacial score (nSPS) is 24.4. The van der Waals surface area contributed by atoms with Crippen LogP contribution in [0.2, 0.25) is 0 Å². The Labute approximate surface area is 215 Å². The van der Waals surface area contributed by atoms with Crippen LogP contribution in [0.3, 0.4) is 0 Å². The van der Waals surface area contributed by atoms with E-state index in [2.05, 4.69) is 32.9 Å². The molecular weight excluding hydrogens is 470 g/mol. The minimum Gasteiger partial charge on any atom is -0.376 e. The molecule has 0 aliphatic carbocycles. The molecule has 0 radical (unpaired) electrons. The van der Waals surface area contributed by atoms with Crippen LogP contribution in [0.1, 0.15) is 49.2 Å². The lowest BCUT2D eigenvalue weighted by molar-refractivity contribution is 0.0974. The van der Waals surface area contributed by atoms with Gasteiger partial charge in [0.05, 0.1) is 42.5 Å². The molecule has 7 heterocycles. The minimum absolute atomic E-state index is 0.0917. The molecule has 3 aromatic heterocycles. The number of aryl methyl sites for hydroxylation is 2. The van der Waals surface area contributed by atoms with Crippen molar-refractivity contribution in [2.24, 2.45) is 16.1 Å². The van der Waals surface area contributed by atoms with Crippen molar-refractivity contribution in [2.45, 2.75) is 58.2 Å².